The van der Waals surface area contributed by atoms with Crippen LogP contribution in [0.2, 0.25) is 0 Å². The lowest BCUT2D eigenvalue weighted by molar-refractivity contribution is 0.0647. The number of nitrogens with two attached hydrogens (primary N) is 1. The fourth-order valence-corrected chi connectivity index (χ4v) is 2.80. The first-order valence-electron chi connectivity index (χ1n) is 7.03. The van der Waals surface area contributed by atoms with E-state index in [-0.39, 0.29) is 11.7 Å². The molecule has 104 valence electrons. The van der Waals surface area contributed by atoms with E-state index in [1.807, 2.05) is 11.8 Å². The summed E-state index contributed by atoms with van der Waals surface area (Å²) in [6.07, 6.45) is 5.83. The van der Waals surface area contributed by atoms with Crippen LogP contribution in [0.3, 0.4) is 0 Å². The van der Waals surface area contributed by atoms with Crippen molar-refractivity contribution in [3.8, 4) is 5.75 Å². The van der Waals surface area contributed by atoms with Gasteiger partial charge in [-0.3, -0.25) is 4.79 Å². The highest BCUT2D eigenvalue weighted by atomic mass is 16.3. The lowest BCUT2D eigenvalue weighted by atomic mass is 9.93. The molecular weight excluding hydrogens is 240 g/mol. The van der Waals surface area contributed by atoms with Crippen LogP contribution in [0.25, 0.3) is 0 Å². The second-order valence-corrected chi connectivity index (χ2v) is 5.16. The van der Waals surface area contributed by atoms with E-state index in [0.717, 1.165) is 12.8 Å². The van der Waals surface area contributed by atoms with Crippen LogP contribution in [0.4, 0.5) is 5.69 Å². The monoisotopic (exact) mass is 262 g/mol. The van der Waals surface area contributed by atoms with Gasteiger partial charge < -0.3 is 15.7 Å². The smallest absolute Gasteiger partial charge is 0.254 e. The third-order valence-electron chi connectivity index (χ3n) is 3.89. The van der Waals surface area contributed by atoms with Crippen molar-refractivity contribution in [3.63, 3.8) is 0 Å². The summed E-state index contributed by atoms with van der Waals surface area (Å²) >= 11 is 0. The van der Waals surface area contributed by atoms with Gasteiger partial charge in [-0.25, -0.2) is 0 Å². The Kier molecular flexibility index (Phi) is 4.30. The zero-order valence-corrected chi connectivity index (χ0v) is 11.4. The summed E-state index contributed by atoms with van der Waals surface area (Å²) in [6.45, 7) is 2.71. The van der Waals surface area contributed by atoms with Gasteiger partial charge in [-0.2, -0.15) is 0 Å². The minimum Gasteiger partial charge on any atom is -0.506 e. The predicted molar refractivity (Wildman–Crippen MR) is 76.1 cm³/mol. The largest absolute Gasteiger partial charge is 0.506 e. The molecule has 1 fully saturated rings. The van der Waals surface area contributed by atoms with Gasteiger partial charge in [0.15, 0.2) is 0 Å². The first-order valence-corrected chi connectivity index (χ1v) is 7.03. The summed E-state index contributed by atoms with van der Waals surface area (Å²) in [5.41, 5.74) is 6.38. The Morgan fingerprint density at radius 3 is 2.63 bits per heavy atom. The number of hydrogen-bond acceptors (Lipinski definition) is 3. The van der Waals surface area contributed by atoms with Crippen molar-refractivity contribution >= 4 is 11.6 Å². The van der Waals surface area contributed by atoms with Crippen LogP contribution in [0, 0.1) is 0 Å². The van der Waals surface area contributed by atoms with E-state index in [9.17, 15) is 9.90 Å². The Morgan fingerprint density at radius 1 is 1.37 bits per heavy atom. The second kappa shape index (κ2) is 5.95. The van der Waals surface area contributed by atoms with Crippen LogP contribution < -0.4 is 5.73 Å². The topological polar surface area (TPSA) is 66.6 Å². The molecular formula is C15H22N2O2. The molecule has 0 aromatic heterocycles. The maximum atomic E-state index is 12.5. The summed E-state index contributed by atoms with van der Waals surface area (Å²) in [5.74, 6) is -0.0322. The molecule has 1 aromatic carbocycles. The number of nitrogens with zero attached hydrogens (tertiary/aromatic N) is 1. The summed E-state index contributed by atoms with van der Waals surface area (Å²) < 4.78 is 0. The number of carbonyl (C=O) groups excluding carboxylic acids is 1. The van der Waals surface area contributed by atoms with Crippen LogP contribution in [-0.4, -0.2) is 28.5 Å². The van der Waals surface area contributed by atoms with Gasteiger partial charge in [0.05, 0.1) is 5.69 Å². The number of carbonyl (C=O) groups is 1. The maximum Gasteiger partial charge on any atom is 0.254 e. The van der Waals surface area contributed by atoms with Crippen LogP contribution >= 0.6 is 0 Å². The average Bonchev–Trinajstić information content (AvgIpc) is 2.44. The van der Waals surface area contributed by atoms with Gasteiger partial charge in [0.1, 0.15) is 5.75 Å². The molecule has 3 N–H and O–H groups in total. The molecule has 1 saturated carbocycles. The second-order valence-electron chi connectivity index (χ2n) is 5.16. The molecule has 0 spiro atoms. The number of rotatable bonds is 3. The summed E-state index contributed by atoms with van der Waals surface area (Å²) in [7, 11) is 0. The number of nitrogen functional groups attached to an aromatic ring is 1. The van der Waals surface area contributed by atoms with Crippen molar-refractivity contribution in [2.75, 3.05) is 12.3 Å². The molecule has 0 unspecified atom stereocenters. The van der Waals surface area contributed by atoms with Gasteiger partial charge in [-0.05, 0) is 38.0 Å². The first-order chi connectivity index (χ1) is 9.13. The van der Waals surface area contributed by atoms with Crippen molar-refractivity contribution in [1.82, 2.24) is 4.90 Å². The standard InChI is InChI=1S/C15H22N2O2/c1-2-17(12-6-4-3-5-7-12)15(19)11-8-9-13(16)14(18)10-11/h8-10,12,18H,2-7,16H2,1H3. The minimum absolute atomic E-state index is 0.00954. The van der Waals surface area contributed by atoms with Crippen molar-refractivity contribution in [3.05, 3.63) is 23.8 Å². The summed E-state index contributed by atoms with van der Waals surface area (Å²) in [4.78, 5) is 14.4. The van der Waals surface area contributed by atoms with E-state index in [4.69, 9.17) is 5.73 Å². The molecule has 0 saturated heterocycles. The lowest BCUT2D eigenvalue weighted by Gasteiger charge is -2.33. The normalized spacial score (nSPS) is 16.3. The van der Waals surface area contributed by atoms with Gasteiger partial charge in [-0.15, -0.1) is 0 Å². The highest BCUT2D eigenvalue weighted by molar-refractivity contribution is 5.95. The molecule has 1 amide bonds. The Morgan fingerprint density at radius 2 is 2.05 bits per heavy atom. The predicted octanol–water partition coefficient (Wildman–Crippen LogP) is 2.77. The van der Waals surface area contributed by atoms with Crippen molar-refractivity contribution in [2.45, 2.75) is 45.1 Å². The van der Waals surface area contributed by atoms with Gasteiger partial charge in [0, 0.05) is 18.2 Å². The molecule has 4 nitrogen and oxygen atoms in total. The number of anilines is 1. The molecule has 4 heteroatoms. The van der Waals surface area contributed by atoms with Crippen molar-refractivity contribution in [2.24, 2.45) is 0 Å². The van der Waals surface area contributed by atoms with Gasteiger partial charge in [-0.1, -0.05) is 19.3 Å². The van der Waals surface area contributed by atoms with E-state index >= 15 is 0 Å². The highest BCUT2D eigenvalue weighted by Crippen LogP contribution is 2.26. The number of phenolic OH excluding ortho intramolecular Hbond substituents is 1. The Labute approximate surface area is 114 Å². The maximum absolute atomic E-state index is 12.5. The zero-order valence-electron chi connectivity index (χ0n) is 11.4. The van der Waals surface area contributed by atoms with Crippen molar-refractivity contribution < 1.29 is 9.90 Å². The molecule has 0 radical (unpaired) electrons. The summed E-state index contributed by atoms with van der Waals surface area (Å²) in [5, 5.41) is 9.62. The molecule has 1 aliphatic rings. The van der Waals surface area contributed by atoms with E-state index < -0.39 is 0 Å². The van der Waals surface area contributed by atoms with Crippen LogP contribution in [-0.2, 0) is 0 Å². The number of phenols is 1. The van der Waals surface area contributed by atoms with Crippen molar-refractivity contribution in [1.29, 1.82) is 0 Å². The van der Waals surface area contributed by atoms with E-state index in [1.54, 1.807) is 12.1 Å². The zero-order chi connectivity index (χ0) is 13.8. The molecule has 0 heterocycles. The number of aromatic hydroxyl groups is 1. The fraction of sp³-hybridized carbons (Fsp3) is 0.533. The third-order valence-corrected chi connectivity index (χ3v) is 3.89. The Balaban J connectivity index is 2.17. The number of benzene rings is 1. The molecule has 0 bridgehead atoms. The molecule has 19 heavy (non-hydrogen) atoms. The quantitative estimate of drug-likeness (QED) is 0.650. The molecule has 1 aromatic rings. The van der Waals surface area contributed by atoms with Gasteiger partial charge in [0.25, 0.3) is 5.91 Å². The fourth-order valence-electron chi connectivity index (χ4n) is 2.80. The van der Waals surface area contributed by atoms with E-state index in [2.05, 4.69) is 0 Å². The van der Waals surface area contributed by atoms with Gasteiger partial charge in [0.2, 0.25) is 0 Å². The van der Waals surface area contributed by atoms with E-state index in [0.29, 0.717) is 23.8 Å². The van der Waals surface area contributed by atoms with Gasteiger partial charge >= 0.3 is 0 Å². The summed E-state index contributed by atoms with van der Waals surface area (Å²) in [6, 6.07) is 5.06. The number of hydrogen-bond donors (Lipinski definition) is 2. The molecule has 0 atom stereocenters. The Bertz CT molecular complexity index is 453. The minimum atomic E-state index is -0.0226. The van der Waals surface area contributed by atoms with Crippen LogP contribution in [0.5, 0.6) is 5.75 Å². The van der Waals surface area contributed by atoms with Crippen LogP contribution in [0.1, 0.15) is 49.4 Å². The average molecular weight is 262 g/mol. The lowest BCUT2D eigenvalue weighted by Crippen LogP contribution is -2.41. The highest BCUT2D eigenvalue weighted by Gasteiger charge is 2.25. The molecule has 0 aliphatic heterocycles. The Hall–Kier alpha value is -1.71. The molecule has 1 aliphatic carbocycles. The number of amides is 1. The third kappa shape index (κ3) is 3.00. The molecule has 2 rings (SSSR count). The van der Waals surface area contributed by atoms with E-state index in [1.165, 1.54) is 25.3 Å². The van der Waals surface area contributed by atoms with Crippen LogP contribution in [0.15, 0.2) is 18.2 Å². The first kappa shape index (κ1) is 13.7. The SMILES string of the molecule is CCN(C(=O)c1ccc(N)c(O)c1)C1CCCCC1.